The van der Waals surface area contributed by atoms with Crippen LogP contribution in [0.15, 0.2) is 23.3 Å². The molecule has 0 aliphatic carbocycles. The van der Waals surface area contributed by atoms with Gasteiger partial charge in [-0.3, -0.25) is 4.79 Å². The third kappa shape index (κ3) is 3.98. The molecule has 0 unspecified atom stereocenters. The number of thiazole rings is 1. The molecule has 0 radical (unpaired) electrons. The Balaban J connectivity index is 2.10. The summed E-state index contributed by atoms with van der Waals surface area (Å²) in [4.78, 5) is 16.7. The van der Waals surface area contributed by atoms with Crippen molar-refractivity contribution in [3.05, 3.63) is 34.3 Å². The van der Waals surface area contributed by atoms with Crippen LogP contribution in [-0.4, -0.2) is 31.3 Å². The van der Waals surface area contributed by atoms with E-state index in [1.165, 1.54) is 6.21 Å². The van der Waals surface area contributed by atoms with Gasteiger partial charge in [0.25, 0.3) is 5.91 Å². The molecular formula is C15H18N4O3S. The number of amides is 1. The molecule has 122 valence electrons. The lowest BCUT2D eigenvalue weighted by Crippen LogP contribution is -2.17. The highest BCUT2D eigenvalue weighted by atomic mass is 32.1. The number of hydrogen-bond donors (Lipinski definition) is 2. The Morgan fingerprint density at radius 1 is 1.43 bits per heavy atom. The van der Waals surface area contributed by atoms with Gasteiger partial charge in [-0.2, -0.15) is 5.10 Å². The molecule has 0 atom stereocenters. The van der Waals surface area contributed by atoms with Crippen LogP contribution < -0.4 is 20.6 Å². The van der Waals surface area contributed by atoms with E-state index >= 15 is 0 Å². The summed E-state index contributed by atoms with van der Waals surface area (Å²) in [6.07, 6.45) is 2.14. The molecule has 1 heterocycles. The number of aromatic nitrogens is 1. The summed E-state index contributed by atoms with van der Waals surface area (Å²) in [7, 11) is 3.13. The number of ether oxygens (including phenoxy) is 2. The van der Waals surface area contributed by atoms with Crippen molar-refractivity contribution in [1.82, 2.24) is 10.4 Å². The number of nitrogens with one attached hydrogen (secondary N) is 1. The molecule has 1 amide bonds. The molecule has 2 aromatic rings. The van der Waals surface area contributed by atoms with E-state index in [0.717, 1.165) is 11.3 Å². The lowest BCUT2D eigenvalue weighted by atomic mass is 10.2. The van der Waals surface area contributed by atoms with Gasteiger partial charge in [-0.1, -0.05) is 18.3 Å². The molecule has 7 nitrogen and oxygen atoms in total. The van der Waals surface area contributed by atoms with Crippen molar-refractivity contribution in [3.63, 3.8) is 0 Å². The Labute approximate surface area is 138 Å². The SMILES string of the molecule is CCc1nc(N)sc1C(=O)NN=Cc1ccc(OC)cc1OC. The van der Waals surface area contributed by atoms with Crippen LogP contribution in [0.4, 0.5) is 5.13 Å². The van der Waals surface area contributed by atoms with Gasteiger partial charge in [-0.05, 0) is 18.6 Å². The van der Waals surface area contributed by atoms with Gasteiger partial charge < -0.3 is 15.2 Å². The van der Waals surface area contributed by atoms with Crippen molar-refractivity contribution in [2.24, 2.45) is 5.10 Å². The molecule has 23 heavy (non-hydrogen) atoms. The molecule has 3 N–H and O–H groups in total. The molecule has 0 fully saturated rings. The second-order valence-electron chi connectivity index (χ2n) is 4.49. The van der Waals surface area contributed by atoms with E-state index in [-0.39, 0.29) is 5.91 Å². The topological polar surface area (TPSA) is 98.8 Å². The molecule has 2 rings (SSSR count). The minimum atomic E-state index is -0.334. The zero-order valence-corrected chi connectivity index (χ0v) is 13.9. The summed E-state index contributed by atoms with van der Waals surface area (Å²) in [5, 5.41) is 4.33. The molecule has 8 heteroatoms. The summed E-state index contributed by atoms with van der Waals surface area (Å²) in [6.45, 7) is 1.91. The molecular weight excluding hydrogens is 316 g/mol. The van der Waals surface area contributed by atoms with Crippen LogP contribution in [0.1, 0.15) is 27.9 Å². The number of methoxy groups -OCH3 is 2. The first kappa shape index (κ1) is 16.8. The minimum Gasteiger partial charge on any atom is -0.497 e. The predicted molar refractivity (Wildman–Crippen MR) is 90.5 cm³/mol. The highest BCUT2D eigenvalue weighted by Gasteiger charge is 2.15. The van der Waals surface area contributed by atoms with E-state index in [0.29, 0.717) is 39.2 Å². The maximum absolute atomic E-state index is 12.1. The van der Waals surface area contributed by atoms with Crippen molar-refractivity contribution >= 4 is 28.6 Å². The van der Waals surface area contributed by atoms with Crippen molar-refractivity contribution < 1.29 is 14.3 Å². The van der Waals surface area contributed by atoms with E-state index < -0.39 is 0 Å². The zero-order chi connectivity index (χ0) is 16.8. The summed E-state index contributed by atoms with van der Waals surface area (Å²) < 4.78 is 10.4. The third-order valence-electron chi connectivity index (χ3n) is 3.07. The maximum atomic E-state index is 12.1. The minimum absolute atomic E-state index is 0.334. The van der Waals surface area contributed by atoms with E-state index in [4.69, 9.17) is 15.2 Å². The fourth-order valence-corrected chi connectivity index (χ4v) is 2.73. The standard InChI is InChI=1S/C15H18N4O3S/c1-4-11-13(23-15(16)18-11)14(20)19-17-8-9-5-6-10(21-2)7-12(9)22-3/h5-8H,4H2,1-3H3,(H2,16,18)(H,19,20). The van der Waals surface area contributed by atoms with Gasteiger partial charge in [0, 0.05) is 11.6 Å². The second kappa shape index (κ2) is 7.59. The molecule has 1 aromatic carbocycles. The third-order valence-corrected chi connectivity index (χ3v) is 3.99. The summed E-state index contributed by atoms with van der Waals surface area (Å²) in [6, 6.07) is 5.31. The van der Waals surface area contributed by atoms with Crippen LogP contribution >= 0.6 is 11.3 Å². The maximum Gasteiger partial charge on any atom is 0.283 e. The number of nitrogens with zero attached hydrogens (tertiary/aromatic N) is 2. The zero-order valence-electron chi connectivity index (χ0n) is 13.1. The Morgan fingerprint density at radius 3 is 2.87 bits per heavy atom. The number of carbonyl (C=O) groups is 1. The monoisotopic (exact) mass is 334 g/mol. The van der Waals surface area contributed by atoms with Gasteiger partial charge in [0.2, 0.25) is 0 Å². The molecule has 0 saturated carbocycles. The first-order chi connectivity index (χ1) is 11.1. The van der Waals surface area contributed by atoms with Crippen LogP contribution in [0.3, 0.4) is 0 Å². The molecule has 0 spiro atoms. The number of nitrogen functional groups attached to an aromatic ring is 1. The van der Waals surface area contributed by atoms with Gasteiger partial charge >= 0.3 is 0 Å². The van der Waals surface area contributed by atoms with Crippen LogP contribution in [0, 0.1) is 0 Å². The first-order valence-corrected chi connectivity index (χ1v) is 7.71. The van der Waals surface area contributed by atoms with Crippen molar-refractivity contribution in [2.75, 3.05) is 20.0 Å². The second-order valence-corrected chi connectivity index (χ2v) is 5.52. The predicted octanol–water partition coefficient (Wildman–Crippen LogP) is 2.07. The summed E-state index contributed by atoms with van der Waals surface area (Å²) >= 11 is 1.15. The van der Waals surface area contributed by atoms with E-state index in [1.807, 2.05) is 6.92 Å². The van der Waals surface area contributed by atoms with E-state index in [9.17, 15) is 4.79 Å². The number of anilines is 1. The smallest absolute Gasteiger partial charge is 0.283 e. The molecule has 0 aliphatic rings. The average molecular weight is 334 g/mol. The summed E-state index contributed by atoms with van der Waals surface area (Å²) in [5.41, 5.74) is 9.50. The Bertz CT molecular complexity index is 728. The van der Waals surface area contributed by atoms with Crippen molar-refractivity contribution in [1.29, 1.82) is 0 Å². The molecule has 0 aliphatic heterocycles. The van der Waals surface area contributed by atoms with Crippen LogP contribution in [0.25, 0.3) is 0 Å². The number of nitrogens with two attached hydrogens (primary N) is 1. The van der Waals surface area contributed by atoms with Gasteiger partial charge in [0.05, 0.1) is 26.1 Å². The Kier molecular flexibility index (Phi) is 5.53. The van der Waals surface area contributed by atoms with Gasteiger partial charge in [-0.25, -0.2) is 10.4 Å². The summed E-state index contributed by atoms with van der Waals surface area (Å²) in [5.74, 6) is 0.939. The van der Waals surface area contributed by atoms with E-state index in [1.54, 1.807) is 32.4 Å². The van der Waals surface area contributed by atoms with Crippen LogP contribution in [0.5, 0.6) is 11.5 Å². The van der Waals surface area contributed by atoms with Crippen LogP contribution in [-0.2, 0) is 6.42 Å². The van der Waals surface area contributed by atoms with Crippen LogP contribution in [0.2, 0.25) is 0 Å². The largest absolute Gasteiger partial charge is 0.497 e. The van der Waals surface area contributed by atoms with Gasteiger partial charge in [0.1, 0.15) is 16.4 Å². The Morgan fingerprint density at radius 2 is 2.22 bits per heavy atom. The lowest BCUT2D eigenvalue weighted by molar-refractivity contribution is 0.0958. The van der Waals surface area contributed by atoms with E-state index in [2.05, 4.69) is 15.5 Å². The lowest BCUT2D eigenvalue weighted by Gasteiger charge is -2.06. The Hall–Kier alpha value is -2.61. The number of hydrogen-bond acceptors (Lipinski definition) is 7. The number of rotatable bonds is 6. The normalized spacial score (nSPS) is 10.7. The van der Waals surface area contributed by atoms with Gasteiger partial charge in [-0.15, -0.1) is 0 Å². The number of carbonyl (C=O) groups excluding carboxylic acids is 1. The highest BCUT2D eigenvalue weighted by molar-refractivity contribution is 7.17. The molecule has 0 saturated heterocycles. The fourth-order valence-electron chi connectivity index (χ4n) is 1.92. The molecule has 1 aromatic heterocycles. The quantitative estimate of drug-likeness (QED) is 0.622. The fraction of sp³-hybridized carbons (Fsp3) is 0.267. The van der Waals surface area contributed by atoms with Crippen molar-refractivity contribution in [3.8, 4) is 11.5 Å². The highest BCUT2D eigenvalue weighted by Crippen LogP contribution is 2.23. The molecule has 0 bridgehead atoms. The first-order valence-electron chi connectivity index (χ1n) is 6.89. The average Bonchev–Trinajstić information content (AvgIpc) is 2.96. The van der Waals surface area contributed by atoms with Gasteiger partial charge in [0.15, 0.2) is 5.13 Å². The number of aryl methyl sites for hydroxylation is 1. The number of benzene rings is 1. The van der Waals surface area contributed by atoms with Crippen molar-refractivity contribution in [2.45, 2.75) is 13.3 Å². The number of hydrazone groups is 1.